The van der Waals surface area contributed by atoms with Crippen molar-refractivity contribution in [1.29, 1.82) is 5.26 Å². The quantitative estimate of drug-likeness (QED) is 0.739. The van der Waals surface area contributed by atoms with Gasteiger partial charge in [-0.25, -0.2) is 4.98 Å². The molecule has 0 aliphatic rings. The molecule has 2 rings (SSSR count). The highest BCUT2D eigenvalue weighted by atomic mass is 32.2. The summed E-state index contributed by atoms with van der Waals surface area (Å²) in [7, 11) is 1.65. The Kier molecular flexibility index (Phi) is 7.26. The van der Waals surface area contributed by atoms with Crippen molar-refractivity contribution >= 4 is 17.7 Å². The number of carbonyl (C=O) groups is 1. The first kappa shape index (κ1) is 20.8. The number of rotatable bonds is 7. The lowest BCUT2D eigenvalue weighted by Crippen LogP contribution is -2.27. The van der Waals surface area contributed by atoms with Crippen LogP contribution in [0.5, 0.6) is 5.75 Å². The van der Waals surface area contributed by atoms with Crippen molar-refractivity contribution in [2.24, 2.45) is 0 Å². The average molecular weight is 384 g/mol. The van der Waals surface area contributed by atoms with E-state index in [0.717, 1.165) is 33.7 Å². The van der Waals surface area contributed by atoms with Gasteiger partial charge < -0.3 is 10.1 Å². The standard InChI is InChI=1S/C21H25N3O2S/c1-13-6-7-19(26-5)17(10-13)8-9-23-20(25)12-27-21-18(11-22)15(3)14(2)16(4)24-21/h6-7,10H,8-9,12H2,1-5H3,(H,23,25). The Labute approximate surface area is 165 Å². The van der Waals surface area contributed by atoms with E-state index in [1.54, 1.807) is 7.11 Å². The normalized spacial score (nSPS) is 10.4. The van der Waals surface area contributed by atoms with Gasteiger partial charge >= 0.3 is 0 Å². The van der Waals surface area contributed by atoms with Crippen molar-refractivity contribution in [2.75, 3.05) is 19.4 Å². The van der Waals surface area contributed by atoms with Gasteiger partial charge in [0.25, 0.3) is 0 Å². The van der Waals surface area contributed by atoms with Crippen LogP contribution in [0.2, 0.25) is 0 Å². The molecule has 2 aromatic rings. The fraction of sp³-hybridized carbons (Fsp3) is 0.381. The van der Waals surface area contributed by atoms with E-state index in [4.69, 9.17) is 4.74 Å². The second-order valence-corrected chi connectivity index (χ2v) is 7.41. The molecule has 0 saturated heterocycles. The molecule has 5 nitrogen and oxygen atoms in total. The second-order valence-electron chi connectivity index (χ2n) is 6.44. The van der Waals surface area contributed by atoms with E-state index in [2.05, 4.69) is 22.4 Å². The van der Waals surface area contributed by atoms with Crippen LogP contribution < -0.4 is 10.1 Å². The molecule has 1 N–H and O–H groups in total. The third kappa shape index (κ3) is 5.24. The number of nitrogens with one attached hydrogen (secondary N) is 1. The third-order valence-electron chi connectivity index (χ3n) is 4.57. The number of methoxy groups -OCH3 is 1. The second kappa shape index (κ2) is 9.43. The molecule has 1 aromatic heterocycles. The van der Waals surface area contributed by atoms with Crippen LogP contribution in [-0.4, -0.2) is 30.3 Å². The van der Waals surface area contributed by atoms with Crippen molar-refractivity contribution in [2.45, 2.75) is 39.1 Å². The molecule has 0 saturated carbocycles. The molecule has 0 bridgehead atoms. The smallest absolute Gasteiger partial charge is 0.230 e. The molecule has 1 aromatic carbocycles. The first-order valence-electron chi connectivity index (χ1n) is 8.78. The minimum atomic E-state index is -0.0757. The van der Waals surface area contributed by atoms with Crippen LogP contribution in [0.3, 0.4) is 0 Å². The van der Waals surface area contributed by atoms with E-state index in [-0.39, 0.29) is 11.7 Å². The number of nitrogens with zero attached hydrogens (tertiary/aromatic N) is 2. The largest absolute Gasteiger partial charge is 0.496 e. The lowest BCUT2D eigenvalue weighted by molar-refractivity contribution is -0.118. The molecular formula is C21H25N3O2S. The number of nitriles is 1. The van der Waals surface area contributed by atoms with Gasteiger partial charge in [0, 0.05) is 12.2 Å². The highest BCUT2D eigenvalue weighted by Crippen LogP contribution is 2.26. The van der Waals surface area contributed by atoms with Crippen molar-refractivity contribution in [3.8, 4) is 11.8 Å². The molecule has 1 heterocycles. The predicted octanol–water partition coefficient (Wildman–Crippen LogP) is 3.65. The van der Waals surface area contributed by atoms with Gasteiger partial charge in [-0.3, -0.25) is 4.79 Å². The monoisotopic (exact) mass is 383 g/mol. The van der Waals surface area contributed by atoms with Crippen molar-refractivity contribution in [3.05, 3.63) is 51.7 Å². The lowest BCUT2D eigenvalue weighted by Gasteiger charge is -2.12. The van der Waals surface area contributed by atoms with Gasteiger partial charge in [-0.1, -0.05) is 29.5 Å². The van der Waals surface area contributed by atoms with Crippen LogP contribution in [0.1, 0.15) is 33.5 Å². The topological polar surface area (TPSA) is 75.0 Å². The molecule has 0 radical (unpaired) electrons. The molecule has 0 aliphatic carbocycles. The Balaban J connectivity index is 1.93. The summed E-state index contributed by atoms with van der Waals surface area (Å²) in [6.07, 6.45) is 0.700. The SMILES string of the molecule is COc1ccc(C)cc1CCNC(=O)CSc1nc(C)c(C)c(C)c1C#N. The lowest BCUT2D eigenvalue weighted by atomic mass is 10.1. The number of benzene rings is 1. The van der Waals surface area contributed by atoms with Gasteiger partial charge in [-0.2, -0.15) is 5.26 Å². The van der Waals surface area contributed by atoms with E-state index < -0.39 is 0 Å². The molecule has 6 heteroatoms. The Morgan fingerprint density at radius 2 is 2.00 bits per heavy atom. The maximum absolute atomic E-state index is 12.2. The summed E-state index contributed by atoms with van der Waals surface area (Å²) >= 11 is 1.30. The van der Waals surface area contributed by atoms with Gasteiger partial charge in [-0.05, 0) is 56.9 Å². The molecule has 0 aliphatic heterocycles. The van der Waals surface area contributed by atoms with Gasteiger partial charge in [0.1, 0.15) is 16.8 Å². The molecular weight excluding hydrogens is 358 g/mol. The first-order chi connectivity index (χ1) is 12.9. The summed E-state index contributed by atoms with van der Waals surface area (Å²) in [5.41, 5.74) is 5.63. The van der Waals surface area contributed by atoms with Gasteiger partial charge in [-0.15, -0.1) is 0 Å². The van der Waals surface area contributed by atoms with E-state index >= 15 is 0 Å². The van der Waals surface area contributed by atoms with Gasteiger partial charge in [0.2, 0.25) is 5.91 Å². The average Bonchev–Trinajstić information content (AvgIpc) is 2.64. The van der Waals surface area contributed by atoms with Gasteiger partial charge in [0.15, 0.2) is 0 Å². The molecule has 0 unspecified atom stereocenters. The van der Waals surface area contributed by atoms with Crippen molar-refractivity contribution in [3.63, 3.8) is 0 Å². The third-order valence-corrected chi connectivity index (χ3v) is 5.54. The van der Waals surface area contributed by atoms with Crippen LogP contribution in [0, 0.1) is 39.0 Å². The Bertz CT molecular complexity index is 888. The van der Waals surface area contributed by atoms with Crippen molar-refractivity contribution in [1.82, 2.24) is 10.3 Å². The van der Waals surface area contributed by atoms with Crippen molar-refractivity contribution < 1.29 is 9.53 Å². The predicted molar refractivity (Wildman–Crippen MR) is 108 cm³/mol. The summed E-state index contributed by atoms with van der Waals surface area (Å²) in [6.45, 7) is 8.36. The van der Waals surface area contributed by atoms with Crippen LogP contribution in [0.4, 0.5) is 0 Å². The van der Waals surface area contributed by atoms with Crippen LogP contribution in [-0.2, 0) is 11.2 Å². The zero-order valence-corrected chi connectivity index (χ0v) is 17.3. The highest BCUT2D eigenvalue weighted by Gasteiger charge is 2.14. The first-order valence-corrected chi connectivity index (χ1v) is 9.76. The summed E-state index contributed by atoms with van der Waals surface area (Å²) in [5.74, 6) is 0.986. The summed E-state index contributed by atoms with van der Waals surface area (Å²) in [5, 5.41) is 12.9. The number of aromatic nitrogens is 1. The number of hydrogen-bond donors (Lipinski definition) is 1. The number of thioether (sulfide) groups is 1. The Hall–Kier alpha value is -2.52. The number of ether oxygens (including phenoxy) is 1. The number of amides is 1. The Morgan fingerprint density at radius 3 is 2.67 bits per heavy atom. The van der Waals surface area contributed by atoms with Gasteiger partial charge in [0.05, 0.1) is 18.4 Å². The van der Waals surface area contributed by atoms with Crippen LogP contribution in [0.15, 0.2) is 23.2 Å². The molecule has 142 valence electrons. The fourth-order valence-electron chi connectivity index (χ4n) is 2.77. The molecule has 27 heavy (non-hydrogen) atoms. The van der Waals surface area contributed by atoms with Crippen LogP contribution >= 0.6 is 11.8 Å². The number of hydrogen-bond acceptors (Lipinski definition) is 5. The molecule has 0 spiro atoms. The Morgan fingerprint density at radius 1 is 1.26 bits per heavy atom. The van der Waals surface area contributed by atoms with E-state index in [1.807, 2.05) is 39.8 Å². The minimum Gasteiger partial charge on any atom is -0.496 e. The number of aryl methyl sites for hydroxylation is 2. The zero-order chi connectivity index (χ0) is 20.0. The maximum atomic E-state index is 12.2. The summed E-state index contributed by atoms with van der Waals surface area (Å²) < 4.78 is 5.37. The van der Waals surface area contributed by atoms with E-state index in [1.165, 1.54) is 11.8 Å². The van der Waals surface area contributed by atoms with Crippen LogP contribution in [0.25, 0.3) is 0 Å². The molecule has 0 fully saturated rings. The highest BCUT2D eigenvalue weighted by molar-refractivity contribution is 8.00. The maximum Gasteiger partial charge on any atom is 0.230 e. The summed E-state index contributed by atoms with van der Waals surface area (Å²) in [6, 6.07) is 8.23. The fourth-order valence-corrected chi connectivity index (χ4v) is 3.69. The molecule has 1 amide bonds. The van der Waals surface area contributed by atoms with E-state index in [0.29, 0.717) is 23.6 Å². The zero-order valence-electron chi connectivity index (χ0n) is 16.5. The summed E-state index contributed by atoms with van der Waals surface area (Å²) in [4.78, 5) is 16.7. The number of carbonyl (C=O) groups excluding carboxylic acids is 1. The molecule has 0 atom stereocenters. The number of pyridine rings is 1. The van der Waals surface area contributed by atoms with E-state index in [9.17, 15) is 10.1 Å². The minimum absolute atomic E-state index is 0.0757.